The van der Waals surface area contributed by atoms with Gasteiger partial charge < -0.3 is 10.1 Å². The third kappa shape index (κ3) is 6.66. The van der Waals surface area contributed by atoms with Crippen LogP contribution in [0.4, 0.5) is 11.4 Å². The van der Waals surface area contributed by atoms with Crippen molar-refractivity contribution in [3.05, 3.63) is 77.3 Å². The molecule has 0 aromatic heterocycles. The average Bonchev–Trinajstić information content (AvgIpc) is 2.79. The highest BCUT2D eigenvalue weighted by molar-refractivity contribution is 8.00. The maximum atomic E-state index is 12.8. The van der Waals surface area contributed by atoms with E-state index in [2.05, 4.69) is 10.0 Å². The first kappa shape index (κ1) is 25.0. The molecule has 33 heavy (non-hydrogen) atoms. The molecule has 0 aliphatic heterocycles. The summed E-state index contributed by atoms with van der Waals surface area (Å²) in [4.78, 5) is 13.8. The van der Waals surface area contributed by atoms with Crippen molar-refractivity contribution in [3.8, 4) is 5.75 Å². The van der Waals surface area contributed by atoms with Crippen molar-refractivity contribution in [2.45, 2.75) is 35.3 Å². The van der Waals surface area contributed by atoms with Crippen LogP contribution in [0.5, 0.6) is 5.75 Å². The Morgan fingerprint density at radius 2 is 1.73 bits per heavy atom. The molecule has 3 aromatic rings. The maximum Gasteiger partial charge on any atom is 0.262 e. The Bertz CT molecular complexity index is 1210. The van der Waals surface area contributed by atoms with Gasteiger partial charge in [-0.15, -0.1) is 11.8 Å². The maximum absolute atomic E-state index is 12.8. The first-order valence-corrected chi connectivity index (χ1v) is 13.0. The van der Waals surface area contributed by atoms with Crippen LogP contribution in [0.15, 0.2) is 76.5 Å². The van der Waals surface area contributed by atoms with Crippen molar-refractivity contribution in [3.63, 3.8) is 0 Å². The normalized spacial score (nSPS) is 12.1. The van der Waals surface area contributed by atoms with E-state index in [1.54, 1.807) is 36.4 Å². The molecule has 1 amide bonds. The molecule has 174 valence electrons. The molecule has 2 N–H and O–H groups in total. The van der Waals surface area contributed by atoms with Gasteiger partial charge in [0, 0.05) is 15.6 Å². The number of amides is 1. The third-order valence-corrected chi connectivity index (χ3v) is 7.80. The van der Waals surface area contributed by atoms with Crippen molar-refractivity contribution in [2.75, 3.05) is 17.1 Å². The Morgan fingerprint density at radius 3 is 2.33 bits per heavy atom. The topological polar surface area (TPSA) is 84.5 Å². The summed E-state index contributed by atoms with van der Waals surface area (Å²) in [5.74, 6) is 0.271. The number of carbonyl (C=O) groups excluding carboxylic acids is 1. The zero-order chi connectivity index (χ0) is 24.0. The number of carbonyl (C=O) groups is 1. The molecule has 1 atom stereocenters. The molecule has 6 nitrogen and oxygen atoms in total. The second kappa shape index (κ2) is 11.0. The van der Waals surface area contributed by atoms with Crippen LogP contribution in [0.25, 0.3) is 0 Å². The summed E-state index contributed by atoms with van der Waals surface area (Å²) < 4.78 is 33.5. The van der Waals surface area contributed by atoms with Crippen LogP contribution in [0.1, 0.15) is 18.9 Å². The lowest BCUT2D eigenvalue weighted by Crippen LogP contribution is -2.24. The van der Waals surface area contributed by atoms with Gasteiger partial charge in [-0.3, -0.25) is 9.52 Å². The number of methoxy groups -OCH3 is 1. The fourth-order valence-corrected chi connectivity index (χ4v) is 5.19. The van der Waals surface area contributed by atoms with E-state index in [1.165, 1.54) is 31.0 Å². The molecule has 0 aliphatic carbocycles. The van der Waals surface area contributed by atoms with Crippen molar-refractivity contribution in [1.29, 1.82) is 0 Å². The number of halogens is 1. The lowest BCUT2D eigenvalue weighted by Gasteiger charge is -2.15. The van der Waals surface area contributed by atoms with Gasteiger partial charge in [0.05, 0.1) is 22.9 Å². The van der Waals surface area contributed by atoms with E-state index in [4.69, 9.17) is 16.3 Å². The monoisotopic (exact) mass is 504 g/mol. The van der Waals surface area contributed by atoms with Gasteiger partial charge in [0.15, 0.2) is 0 Å². The van der Waals surface area contributed by atoms with Crippen LogP contribution in [-0.2, 0) is 14.8 Å². The number of hydrogen-bond donors (Lipinski definition) is 2. The number of rotatable bonds is 9. The zero-order valence-electron chi connectivity index (χ0n) is 18.5. The van der Waals surface area contributed by atoms with Crippen molar-refractivity contribution >= 4 is 50.7 Å². The van der Waals surface area contributed by atoms with E-state index in [0.717, 1.165) is 10.5 Å². The van der Waals surface area contributed by atoms with Gasteiger partial charge in [-0.25, -0.2) is 8.42 Å². The van der Waals surface area contributed by atoms with E-state index < -0.39 is 10.0 Å². The van der Waals surface area contributed by atoms with Crippen molar-refractivity contribution in [2.24, 2.45) is 0 Å². The lowest BCUT2D eigenvalue weighted by atomic mass is 10.2. The number of benzene rings is 3. The van der Waals surface area contributed by atoms with Crippen LogP contribution >= 0.6 is 23.4 Å². The van der Waals surface area contributed by atoms with Gasteiger partial charge in [0.25, 0.3) is 10.0 Å². The Balaban J connectivity index is 1.69. The van der Waals surface area contributed by atoms with Crippen LogP contribution in [0.3, 0.4) is 0 Å². The molecule has 3 aromatic carbocycles. The summed E-state index contributed by atoms with van der Waals surface area (Å²) in [6, 6.07) is 18.6. The molecule has 3 rings (SSSR count). The second-order valence-electron chi connectivity index (χ2n) is 7.29. The standard InChI is InChI=1S/C24H25ClN2O4S2/c1-4-23(32-19-10-6-17(25)7-11-19)24(28)26-18-8-12-20(13-9-18)33(29,30)27-21-15-16(2)5-14-22(21)31-3/h5-15,23,27H,4H2,1-3H3,(H,26,28)/t23-/m0/s1. The molecule has 9 heteroatoms. The largest absolute Gasteiger partial charge is 0.495 e. The minimum absolute atomic E-state index is 0.0756. The smallest absolute Gasteiger partial charge is 0.262 e. The van der Waals surface area contributed by atoms with Crippen LogP contribution < -0.4 is 14.8 Å². The fraction of sp³-hybridized carbons (Fsp3) is 0.208. The summed E-state index contributed by atoms with van der Waals surface area (Å²) >= 11 is 7.37. The highest BCUT2D eigenvalue weighted by Crippen LogP contribution is 2.29. The molecule has 0 saturated heterocycles. The summed E-state index contributed by atoms with van der Waals surface area (Å²) in [6.07, 6.45) is 0.633. The lowest BCUT2D eigenvalue weighted by molar-refractivity contribution is -0.115. The molecular formula is C24H25ClN2O4S2. The first-order chi connectivity index (χ1) is 15.7. The number of aryl methyl sites for hydroxylation is 1. The van der Waals surface area contributed by atoms with Crippen LogP contribution in [0, 0.1) is 6.92 Å². The van der Waals surface area contributed by atoms with Gasteiger partial charge >= 0.3 is 0 Å². The number of sulfonamides is 1. The molecule has 0 bridgehead atoms. The fourth-order valence-electron chi connectivity index (χ4n) is 3.05. The summed E-state index contributed by atoms with van der Waals surface area (Å²) in [6.45, 7) is 3.80. The van der Waals surface area contributed by atoms with Crippen LogP contribution in [-0.4, -0.2) is 26.7 Å². The minimum atomic E-state index is -3.83. The Labute approximate surface area is 203 Å². The Morgan fingerprint density at radius 1 is 1.06 bits per heavy atom. The van der Waals surface area contributed by atoms with E-state index in [9.17, 15) is 13.2 Å². The summed E-state index contributed by atoms with van der Waals surface area (Å²) in [5, 5.41) is 3.20. The number of anilines is 2. The molecule has 0 heterocycles. The average molecular weight is 505 g/mol. The summed E-state index contributed by atoms with van der Waals surface area (Å²) in [5.41, 5.74) is 1.77. The highest BCUT2D eigenvalue weighted by Gasteiger charge is 2.20. The van der Waals surface area contributed by atoms with E-state index in [-0.39, 0.29) is 16.1 Å². The van der Waals surface area contributed by atoms with Gasteiger partial charge in [-0.05, 0) is 79.6 Å². The van der Waals surface area contributed by atoms with E-state index >= 15 is 0 Å². The Hall–Kier alpha value is -2.68. The predicted octanol–water partition coefficient (Wildman–Crippen LogP) is 5.97. The third-order valence-electron chi connectivity index (χ3n) is 4.79. The van der Waals surface area contributed by atoms with Gasteiger partial charge in [-0.2, -0.15) is 0 Å². The predicted molar refractivity (Wildman–Crippen MR) is 135 cm³/mol. The quantitative estimate of drug-likeness (QED) is 0.351. The molecule has 0 spiro atoms. The van der Waals surface area contributed by atoms with Gasteiger partial charge in [0.2, 0.25) is 5.91 Å². The second-order valence-corrected chi connectivity index (χ2v) is 10.7. The van der Waals surface area contributed by atoms with E-state index in [0.29, 0.717) is 28.6 Å². The van der Waals surface area contributed by atoms with E-state index in [1.807, 2.05) is 32.0 Å². The molecule has 0 aliphatic rings. The number of nitrogens with one attached hydrogen (secondary N) is 2. The molecular weight excluding hydrogens is 480 g/mol. The van der Waals surface area contributed by atoms with Crippen molar-refractivity contribution < 1.29 is 17.9 Å². The molecule has 0 radical (unpaired) electrons. The van der Waals surface area contributed by atoms with Crippen LogP contribution in [0.2, 0.25) is 5.02 Å². The number of thioether (sulfide) groups is 1. The number of ether oxygens (including phenoxy) is 1. The van der Waals surface area contributed by atoms with Gasteiger partial charge in [-0.1, -0.05) is 24.6 Å². The molecule has 0 unspecified atom stereocenters. The Kier molecular flexibility index (Phi) is 8.29. The number of hydrogen-bond acceptors (Lipinski definition) is 5. The minimum Gasteiger partial charge on any atom is -0.495 e. The molecule has 0 fully saturated rings. The highest BCUT2D eigenvalue weighted by atomic mass is 35.5. The summed E-state index contributed by atoms with van der Waals surface area (Å²) in [7, 11) is -2.35. The first-order valence-electron chi connectivity index (χ1n) is 10.2. The molecule has 0 saturated carbocycles. The van der Waals surface area contributed by atoms with Gasteiger partial charge in [0.1, 0.15) is 5.75 Å². The zero-order valence-corrected chi connectivity index (χ0v) is 20.9. The SMILES string of the molecule is CC[C@H](Sc1ccc(Cl)cc1)C(=O)Nc1ccc(S(=O)(=O)Nc2cc(C)ccc2OC)cc1. The van der Waals surface area contributed by atoms with Crippen molar-refractivity contribution in [1.82, 2.24) is 0 Å².